The molecular weight excluding hydrogens is 714 g/mol. The van der Waals surface area contributed by atoms with Crippen LogP contribution in [-0.2, 0) is 28.2 Å². The smallest absolute Gasteiger partial charge is 0.399 e. The minimum Gasteiger partial charge on any atom is -0.399 e. The number of amides is 2. The van der Waals surface area contributed by atoms with E-state index in [2.05, 4.69) is 95.2 Å². The van der Waals surface area contributed by atoms with E-state index in [-0.39, 0.29) is 11.8 Å². The summed E-state index contributed by atoms with van der Waals surface area (Å²) in [5.74, 6) is 0.463. The maximum absolute atomic E-state index is 15.1. The first-order valence-electron chi connectivity index (χ1n) is 20.4. The minimum absolute atomic E-state index is 0.0847. The van der Waals surface area contributed by atoms with Crippen LogP contribution in [-0.4, -0.2) is 71.3 Å². The van der Waals surface area contributed by atoms with Gasteiger partial charge in [-0.25, -0.2) is 0 Å². The van der Waals surface area contributed by atoms with Gasteiger partial charge in [-0.3, -0.25) is 9.59 Å². The van der Waals surface area contributed by atoms with Crippen molar-refractivity contribution in [1.82, 2.24) is 9.80 Å². The lowest BCUT2D eigenvalue weighted by Gasteiger charge is -2.32. The Balaban J connectivity index is 1.48. The highest BCUT2D eigenvalue weighted by molar-refractivity contribution is 7.23. The fourth-order valence-electron chi connectivity index (χ4n) is 7.74. The summed E-state index contributed by atoms with van der Waals surface area (Å²) in [6.07, 6.45) is 8.39. The summed E-state index contributed by atoms with van der Waals surface area (Å²) in [4.78, 5) is 35.9. The molecule has 2 amide bonds. The Hall–Kier alpha value is -2.21. The lowest BCUT2D eigenvalue weighted by Crippen LogP contribution is -2.41. The average Bonchev–Trinajstić information content (AvgIpc) is 3.94. The van der Waals surface area contributed by atoms with Crippen molar-refractivity contribution in [2.75, 3.05) is 13.1 Å². The predicted octanol–water partition coefficient (Wildman–Crippen LogP) is 8.65. The van der Waals surface area contributed by atoms with Crippen molar-refractivity contribution >= 4 is 69.7 Å². The molecule has 12 heteroatoms. The van der Waals surface area contributed by atoms with Crippen LogP contribution in [0.1, 0.15) is 144 Å². The minimum atomic E-state index is -0.525. The molecule has 4 aliphatic heterocycles. The monoisotopic (exact) mass is 776 g/mol. The Morgan fingerprint density at radius 2 is 0.907 bits per heavy atom. The maximum Gasteiger partial charge on any atom is 0.505 e. The predicted molar refractivity (Wildman–Crippen MR) is 224 cm³/mol. The highest BCUT2D eigenvalue weighted by atomic mass is 32.1. The second-order valence-corrected chi connectivity index (χ2v) is 19.9. The van der Waals surface area contributed by atoms with E-state index in [9.17, 15) is 0 Å². The molecule has 294 valence electrons. The number of nitrogens with zero attached hydrogens (tertiary/aromatic N) is 2. The Kier molecular flexibility index (Phi) is 12.0. The molecule has 0 unspecified atom stereocenters. The molecule has 6 rings (SSSR count). The quantitative estimate of drug-likeness (QED) is 0.159. The summed E-state index contributed by atoms with van der Waals surface area (Å²) in [5.41, 5.74) is 0.592. The van der Waals surface area contributed by atoms with E-state index in [4.69, 9.17) is 18.6 Å². The van der Waals surface area contributed by atoms with Gasteiger partial charge in [0.25, 0.3) is 11.8 Å². The number of hydrogen-bond acceptors (Lipinski definition) is 8. The molecule has 0 N–H and O–H groups in total. The highest BCUT2D eigenvalue weighted by Crippen LogP contribution is 2.49. The second kappa shape index (κ2) is 15.6. The first-order valence-corrected chi connectivity index (χ1v) is 22.1. The van der Waals surface area contributed by atoms with E-state index >= 15 is 9.59 Å². The van der Waals surface area contributed by atoms with E-state index in [1.807, 2.05) is 21.9 Å². The Labute approximate surface area is 333 Å². The fourth-order valence-corrected chi connectivity index (χ4v) is 9.79. The van der Waals surface area contributed by atoms with Crippen molar-refractivity contribution in [3.63, 3.8) is 0 Å². The molecule has 2 saturated heterocycles. The molecule has 0 aliphatic carbocycles. The van der Waals surface area contributed by atoms with Gasteiger partial charge in [0.05, 0.1) is 54.7 Å². The van der Waals surface area contributed by atoms with E-state index in [0.29, 0.717) is 36.1 Å². The van der Waals surface area contributed by atoms with Gasteiger partial charge in [0.15, 0.2) is 0 Å². The first-order chi connectivity index (χ1) is 25.4. The molecule has 2 aromatic rings. The van der Waals surface area contributed by atoms with E-state index in [0.717, 1.165) is 82.1 Å². The van der Waals surface area contributed by atoms with Gasteiger partial charge in [0, 0.05) is 22.6 Å². The molecule has 8 nitrogen and oxygen atoms in total. The highest BCUT2D eigenvalue weighted by Gasteiger charge is 2.55. The summed E-state index contributed by atoms with van der Waals surface area (Å²) in [7, 11) is -1.05. The SMILES string of the molecule is CCCC[C@@H](CC)CN1C(=O)C2=C(c3ccc(B4OC(C)(C)C(C)(C)O4)s3)N(C[C@H](CC)CCCC)C(=O)C2=C1c1ccc(B2OC(C)(C)C(C)(C)O2)s1. The van der Waals surface area contributed by atoms with Crippen molar-refractivity contribution in [3.8, 4) is 0 Å². The van der Waals surface area contributed by atoms with Crippen LogP contribution in [0.25, 0.3) is 11.4 Å². The topological polar surface area (TPSA) is 77.5 Å². The zero-order valence-corrected chi connectivity index (χ0v) is 36.5. The number of fused-ring (bicyclic) bond motifs is 1. The van der Waals surface area contributed by atoms with Gasteiger partial charge in [0.2, 0.25) is 0 Å². The van der Waals surface area contributed by atoms with Gasteiger partial charge in [0.1, 0.15) is 0 Å². The van der Waals surface area contributed by atoms with Crippen LogP contribution < -0.4 is 9.55 Å². The molecule has 2 fully saturated rings. The molecule has 0 saturated carbocycles. The van der Waals surface area contributed by atoms with Crippen LogP contribution in [0.2, 0.25) is 0 Å². The van der Waals surface area contributed by atoms with Gasteiger partial charge >= 0.3 is 14.2 Å². The average molecular weight is 777 g/mol. The third-order valence-electron chi connectivity index (χ3n) is 12.8. The van der Waals surface area contributed by atoms with Crippen molar-refractivity contribution in [3.05, 3.63) is 45.2 Å². The number of carbonyl (C=O) groups excluding carboxylic acids is 2. The number of unbranched alkanes of at least 4 members (excludes halogenated alkanes) is 2. The van der Waals surface area contributed by atoms with Gasteiger partial charge in [-0.2, -0.15) is 0 Å². The molecule has 0 radical (unpaired) electrons. The second-order valence-electron chi connectivity index (χ2n) is 17.7. The Morgan fingerprint density at radius 1 is 0.574 bits per heavy atom. The van der Waals surface area contributed by atoms with Crippen LogP contribution in [0.5, 0.6) is 0 Å². The molecular formula is C42H62B2N2O6S2. The van der Waals surface area contributed by atoms with E-state index in [1.54, 1.807) is 22.7 Å². The summed E-state index contributed by atoms with van der Waals surface area (Å²) in [5, 5.41) is 0. The van der Waals surface area contributed by atoms with Crippen LogP contribution in [0.15, 0.2) is 35.4 Å². The Bertz CT molecular complexity index is 1630. The molecule has 54 heavy (non-hydrogen) atoms. The van der Waals surface area contributed by atoms with Crippen LogP contribution in [0.3, 0.4) is 0 Å². The molecule has 2 atom stereocenters. The summed E-state index contributed by atoms with van der Waals surface area (Å²) in [6, 6.07) is 8.19. The number of hydrogen-bond donors (Lipinski definition) is 0. The summed E-state index contributed by atoms with van der Waals surface area (Å²) in [6.45, 7) is 26.4. The summed E-state index contributed by atoms with van der Waals surface area (Å²) >= 11 is 3.12. The summed E-state index contributed by atoms with van der Waals surface area (Å²) < 4.78 is 27.6. The molecule has 0 spiro atoms. The van der Waals surface area contributed by atoms with Crippen LogP contribution in [0, 0.1) is 11.8 Å². The van der Waals surface area contributed by atoms with E-state index < -0.39 is 36.6 Å². The fraction of sp³-hybridized carbons (Fsp3) is 0.667. The molecule has 0 aromatic carbocycles. The zero-order chi connectivity index (χ0) is 39.4. The van der Waals surface area contributed by atoms with Gasteiger partial charge in [-0.15, -0.1) is 22.7 Å². The van der Waals surface area contributed by atoms with Crippen molar-refractivity contribution in [2.45, 2.75) is 157 Å². The molecule has 2 aromatic heterocycles. The number of carbonyl (C=O) groups is 2. The zero-order valence-electron chi connectivity index (χ0n) is 34.9. The van der Waals surface area contributed by atoms with Gasteiger partial charge in [-0.05, 0) is 92.2 Å². The molecule has 0 bridgehead atoms. The van der Waals surface area contributed by atoms with Crippen LogP contribution >= 0.6 is 22.7 Å². The standard InChI is InChI=1S/C42H62B2N2O6S2/c1-13-17-19-27(15-3)25-45-35(29-21-23-31(53-29)43-49-39(5,6)40(7,8)50-43)33-34(37(45)47)36(46(38(33)48)26-28(16-4)20-18-14-2)30-22-24-32(54-30)44-51-41(9,10)42(11,12)52-44/h21-24,27-28H,13-20,25-26H2,1-12H3/t27-,28-/m1/s1. The van der Waals surface area contributed by atoms with Crippen molar-refractivity contribution in [2.24, 2.45) is 11.8 Å². The van der Waals surface area contributed by atoms with Crippen LogP contribution in [0.4, 0.5) is 0 Å². The Morgan fingerprint density at radius 3 is 1.20 bits per heavy atom. The third kappa shape index (κ3) is 7.49. The molecule has 6 heterocycles. The molecule has 4 aliphatic rings. The lowest BCUT2D eigenvalue weighted by molar-refractivity contribution is -0.124. The normalized spacial score (nSPS) is 22.7. The van der Waals surface area contributed by atoms with Crippen molar-refractivity contribution < 1.29 is 28.2 Å². The van der Waals surface area contributed by atoms with E-state index in [1.165, 1.54) is 0 Å². The largest absolute Gasteiger partial charge is 0.505 e. The lowest BCUT2D eigenvalue weighted by atomic mass is 9.88. The third-order valence-corrected chi connectivity index (χ3v) is 15.1. The number of rotatable bonds is 16. The van der Waals surface area contributed by atoms with Gasteiger partial charge < -0.3 is 28.4 Å². The van der Waals surface area contributed by atoms with Gasteiger partial charge in [-0.1, -0.05) is 78.4 Å². The van der Waals surface area contributed by atoms with Crippen molar-refractivity contribution in [1.29, 1.82) is 0 Å². The number of thiophene rings is 2. The maximum atomic E-state index is 15.1. The first kappa shape index (κ1) is 41.4.